The summed E-state index contributed by atoms with van der Waals surface area (Å²) < 4.78 is 24.3. The van der Waals surface area contributed by atoms with Crippen molar-refractivity contribution in [1.29, 1.82) is 0 Å². The summed E-state index contributed by atoms with van der Waals surface area (Å²) in [6.45, 7) is 1.99. The summed E-state index contributed by atoms with van der Waals surface area (Å²) in [6.07, 6.45) is 0.665. The number of aryl methyl sites for hydroxylation is 1. The van der Waals surface area contributed by atoms with E-state index in [1.165, 1.54) is 6.07 Å². The van der Waals surface area contributed by atoms with Gasteiger partial charge in [0.15, 0.2) is 18.2 Å². The number of ether oxygens (including phenoxy) is 1. The van der Waals surface area contributed by atoms with Gasteiger partial charge in [-0.05, 0) is 18.2 Å². The third-order valence-electron chi connectivity index (χ3n) is 2.06. The molecule has 4 nitrogen and oxygen atoms in total. The SMILES string of the molecule is CCc1nc(COc2cc(Br)ccc2F)no1. The van der Waals surface area contributed by atoms with Crippen LogP contribution in [-0.4, -0.2) is 10.1 Å². The Kier molecular flexibility index (Phi) is 3.73. The first-order valence-electron chi connectivity index (χ1n) is 5.08. The molecule has 0 unspecified atom stereocenters. The summed E-state index contributed by atoms with van der Waals surface area (Å²) in [5.41, 5.74) is 0. The fraction of sp³-hybridized carbons (Fsp3) is 0.273. The fourth-order valence-electron chi connectivity index (χ4n) is 1.22. The Morgan fingerprint density at radius 1 is 1.47 bits per heavy atom. The molecule has 0 aliphatic carbocycles. The Balaban J connectivity index is 2.04. The topological polar surface area (TPSA) is 48.2 Å². The smallest absolute Gasteiger partial charge is 0.226 e. The third kappa shape index (κ3) is 3.03. The molecule has 2 aromatic rings. The quantitative estimate of drug-likeness (QED) is 0.870. The van der Waals surface area contributed by atoms with Gasteiger partial charge in [-0.25, -0.2) is 4.39 Å². The molecular weight excluding hydrogens is 291 g/mol. The van der Waals surface area contributed by atoms with E-state index in [0.29, 0.717) is 18.1 Å². The number of hydrogen-bond donors (Lipinski definition) is 0. The molecule has 0 spiro atoms. The van der Waals surface area contributed by atoms with Gasteiger partial charge in [0, 0.05) is 10.9 Å². The summed E-state index contributed by atoms with van der Waals surface area (Å²) in [6, 6.07) is 4.48. The lowest BCUT2D eigenvalue weighted by atomic mass is 10.3. The van der Waals surface area contributed by atoms with E-state index in [-0.39, 0.29) is 12.4 Å². The van der Waals surface area contributed by atoms with E-state index >= 15 is 0 Å². The largest absolute Gasteiger partial charge is 0.482 e. The molecule has 17 heavy (non-hydrogen) atoms. The highest BCUT2D eigenvalue weighted by atomic mass is 79.9. The molecule has 0 saturated heterocycles. The monoisotopic (exact) mass is 300 g/mol. The molecule has 0 saturated carbocycles. The molecule has 0 amide bonds. The van der Waals surface area contributed by atoms with Crippen LogP contribution in [0.1, 0.15) is 18.6 Å². The Labute approximate surface area is 106 Å². The van der Waals surface area contributed by atoms with E-state index in [9.17, 15) is 4.39 Å². The number of hydrogen-bond acceptors (Lipinski definition) is 4. The molecule has 0 N–H and O–H groups in total. The van der Waals surface area contributed by atoms with Crippen LogP contribution in [0.4, 0.5) is 4.39 Å². The first-order chi connectivity index (χ1) is 8.19. The van der Waals surface area contributed by atoms with Crippen LogP contribution in [0.2, 0.25) is 0 Å². The van der Waals surface area contributed by atoms with Crippen molar-refractivity contribution in [3.05, 3.63) is 40.2 Å². The van der Waals surface area contributed by atoms with Crippen LogP contribution < -0.4 is 4.74 Å². The van der Waals surface area contributed by atoms with E-state index in [2.05, 4.69) is 26.1 Å². The van der Waals surface area contributed by atoms with Crippen molar-refractivity contribution in [1.82, 2.24) is 10.1 Å². The first kappa shape index (κ1) is 12.0. The number of aromatic nitrogens is 2. The van der Waals surface area contributed by atoms with Crippen molar-refractivity contribution in [3.63, 3.8) is 0 Å². The Hall–Kier alpha value is -1.43. The maximum absolute atomic E-state index is 13.3. The van der Waals surface area contributed by atoms with Gasteiger partial charge in [0.05, 0.1) is 0 Å². The van der Waals surface area contributed by atoms with Gasteiger partial charge in [-0.2, -0.15) is 4.98 Å². The van der Waals surface area contributed by atoms with Crippen LogP contribution >= 0.6 is 15.9 Å². The highest BCUT2D eigenvalue weighted by molar-refractivity contribution is 9.10. The van der Waals surface area contributed by atoms with Gasteiger partial charge in [0.1, 0.15) is 0 Å². The second-order valence-electron chi connectivity index (χ2n) is 3.32. The van der Waals surface area contributed by atoms with E-state index < -0.39 is 5.82 Å². The lowest BCUT2D eigenvalue weighted by Crippen LogP contribution is -1.99. The molecule has 1 heterocycles. The molecule has 1 aromatic carbocycles. The minimum Gasteiger partial charge on any atom is -0.482 e. The highest BCUT2D eigenvalue weighted by Gasteiger charge is 2.08. The Morgan fingerprint density at radius 3 is 3.00 bits per heavy atom. The minimum absolute atomic E-state index is 0.0802. The summed E-state index contributed by atoms with van der Waals surface area (Å²) in [7, 11) is 0. The van der Waals surface area contributed by atoms with Gasteiger partial charge >= 0.3 is 0 Å². The zero-order valence-electron chi connectivity index (χ0n) is 9.11. The lowest BCUT2D eigenvalue weighted by Gasteiger charge is -2.04. The van der Waals surface area contributed by atoms with Gasteiger partial charge in [-0.1, -0.05) is 28.0 Å². The molecule has 0 fully saturated rings. The molecule has 0 aliphatic rings. The molecule has 0 radical (unpaired) electrons. The van der Waals surface area contributed by atoms with Gasteiger partial charge in [0.2, 0.25) is 11.7 Å². The Bertz CT molecular complexity index is 516. The number of halogens is 2. The number of benzene rings is 1. The summed E-state index contributed by atoms with van der Waals surface area (Å²) in [4.78, 5) is 4.06. The summed E-state index contributed by atoms with van der Waals surface area (Å²) in [5, 5.41) is 3.71. The summed E-state index contributed by atoms with van der Waals surface area (Å²) in [5.74, 6) is 0.675. The molecule has 6 heteroatoms. The maximum atomic E-state index is 13.3. The van der Waals surface area contributed by atoms with Crippen molar-refractivity contribution >= 4 is 15.9 Å². The second kappa shape index (κ2) is 5.27. The molecule has 0 atom stereocenters. The van der Waals surface area contributed by atoms with Gasteiger partial charge in [-0.15, -0.1) is 0 Å². The van der Waals surface area contributed by atoms with Gasteiger partial charge in [0.25, 0.3) is 0 Å². The second-order valence-corrected chi connectivity index (χ2v) is 4.24. The van der Waals surface area contributed by atoms with Crippen LogP contribution in [0.5, 0.6) is 5.75 Å². The van der Waals surface area contributed by atoms with E-state index in [1.54, 1.807) is 12.1 Å². The van der Waals surface area contributed by atoms with Crippen molar-refractivity contribution in [2.45, 2.75) is 20.0 Å². The Morgan fingerprint density at radius 2 is 2.29 bits per heavy atom. The van der Waals surface area contributed by atoms with E-state index in [1.807, 2.05) is 6.92 Å². The van der Waals surface area contributed by atoms with E-state index in [4.69, 9.17) is 9.26 Å². The number of nitrogens with zero attached hydrogens (tertiary/aromatic N) is 2. The van der Waals surface area contributed by atoms with Crippen LogP contribution in [-0.2, 0) is 13.0 Å². The van der Waals surface area contributed by atoms with Crippen molar-refractivity contribution in [3.8, 4) is 5.75 Å². The predicted molar refractivity (Wildman–Crippen MR) is 62.1 cm³/mol. The zero-order chi connectivity index (χ0) is 12.3. The van der Waals surface area contributed by atoms with Gasteiger partial charge in [-0.3, -0.25) is 0 Å². The number of rotatable bonds is 4. The average molecular weight is 301 g/mol. The van der Waals surface area contributed by atoms with Crippen LogP contribution in [0.25, 0.3) is 0 Å². The third-order valence-corrected chi connectivity index (χ3v) is 2.56. The molecule has 0 aliphatic heterocycles. The standard InChI is InChI=1S/C11H10BrFN2O2/c1-2-11-14-10(15-17-11)6-16-9-5-7(12)3-4-8(9)13/h3-5H,2,6H2,1H3. The normalized spacial score (nSPS) is 10.5. The van der Waals surface area contributed by atoms with Crippen LogP contribution in [0, 0.1) is 5.82 Å². The van der Waals surface area contributed by atoms with Crippen molar-refractivity contribution in [2.75, 3.05) is 0 Å². The van der Waals surface area contributed by atoms with Crippen LogP contribution in [0.3, 0.4) is 0 Å². The lowest BCUT2D eigenvalue weighted by molar-refractivity contribution is 0.272. The highest BCUT2D eigenvalue weighted by Crippen LogP contribution is 2.22. The zero-order valence-corrected chi connectivity index (χ0v) is 10.7. The molecule has 90 valence electrons. The first-order valence-corrected chi connectivity index (χ1v) is 5.87. The van der Waals surface area contributed by atoms with E-state index in [0.717, 1.165) is 4.47 Å². The minimum atomic E-state index is -0.424. The van der Waals surface area contributed by atoms with Gasteiger partial charge < -0.3 is 9.26 Å². The maximum Gasteiger partial charge on any atom is 0.226 e. The molecule has 0 bridgehead atoms. The predicted octanol–water partition coefficient (Wildman–Crippen LogP) is 3.11. The molecular formula is C11H10BrFN2O2. The van der Waals surface area contributed by atoms with Crippen molar-refractivity contribution < 1.29 is 13.7 Å². The van der Waals surface area contributed by atoms with Crippen molar-refractivity contribution in [2.24, 2.45) is 0 Å². The molecule has 2 rings (SSSR count). The average Bonchev–Trinajstić information content (AvgIpc) is 2.78. The molecule has 1 aromatic heterocycles. The summed E-state index contributed by atoms with van der Waals surface area (Å²) >= 11 is 3.24. The van der Waals surface area contributed by atoms with Crippen LogP contribution in [0.15, 0.2) is 27.2 Å². The fourth-order valence-corrected chi connectivity index (χ4v) is 1.56.